The Balaban J connectivity index is 1.95. The van der Waals surface area contributed by atoms with Crippen LogP contribution in [0, 0.1) is 5.82 Å². The first-order valence-corrected chi connectivity index (χ1v) is 12.2. The Morgan fingerprint density at radius 2 is 1.53 bits per heavy atom. The average Bonchev–Trinajstić information content (AvgIpc) is 2.82. The number of nitrogens with zero attached hydrogens (tertiary/aromatic N) is 1. The summed E-state index contributed by atoms with van der Waals surface area (Å²) in [6.45, 7) is 8.61. The molecule has 192 valence electrons. The normalized spacial score (nSPS) is 12.0. The highest BCUT2D eigenvalue weighted by Gasteiger charge is 2.34. The van der Waals surface area contributed by atoms with Crippen molar-refractivity contribution in [1.82, 2.24) is 4.90 Å². The van der Waals surface area contributed by atoms with Gasteiger partial charge in [-0.3, -0.25) is 4.79 Å². The molecule has 0 aromatic heterocycles. The first-order chi connectivity index (χ1) is 16.8. The van der Waals surface area contributed by atoms with Crippen LogP contribution in [-0.2, 0) is 31.0 Å². The number of halogens is 5. The van der Waals surface area contributed by atoms with Gasteiger partial charge in [0.05, 0.1) is 16.1 Å². The second-order valence-corrected chi connectivity index (χ2v) is 10.3. The van der Waals surface area contributed by atoms with E-state index in [0.717, 1.165) is 28.7 Å². The van der Waals surface area contributed by atoms with E-state index in [0.29, 0.717) is 18.6 Å². The minimum absolute atomic E-state index is 0.0593. The smallest absolute Gasteiger partial charge is 0.334 e. The van der Waals surface area contributed by atoms with E-state index in [9.17, 15) is 22.4 Å². The van der Waals surface area contributed by atoms with Crippen LogP contribution in [0.2, 0.25) is 5.02 Å². The van der Waals surface area contributed by atoms with E-state index >= 15 is 0 Å². The van der Waals surface area contributed by atoms with Gasteiger partial charge in [-0.15, -0.1) is 0 Å². The summed E-state index contributed by atoms with van der Waals surface area (Å²) < 4.78 is 54.9. The number of hydrogen-bond acceptors (Lipinski definition) is 1. The van der Waals surface area contributed by atoms with Crippen LogP contribution in [0.5, 0.6) is 0 Å². The van der Waals surface area contributed by atoms with Crippen LogP contribution in [0.1, 0.15) is 65.9 Å². The van der Waals surface area contributed by atoms with Crippen LogP contribution in [0.3, 0.4) is 0 Å². The largest absolute Gasteiger partial charge is 0.416 e. The van der Waals surface area contributed by atoms with E-state index < -0.39 is 34.1 Å². The van der Waals surface area contributed by atoms with E-state index in [1.165, 1.54) is 4.90 Å². The third-order valence-corrected chi connectivity index (χ3v) is 6.41. The van der Waals surface area contributed by atoms with Crippen LogP contribution in [0.25, 0.3) is 0 Å². The summed E-state index contributed by atoms with van der Waals surface area (Å²) in [5.74, 6) is -2.00. The van der Waals surface area contributed by atoms with Crippen molar-refractivity contribution in [1.29, 1.82) is 0 Å². The third kappa shape index (κ3) is 6.88. The Morgan fingerprint density at radius 1 is 0.889 bits per heavy atom. The molecule has 0 N–H and O–H groups in total. The SMILES string of the molecule is CCc1cccc(CCN(Cc2ccc(C(C)(C)C)cc2)C(=O)c2cc(C(F)(F)F)cc(Cl)c2F)c1. The van der Waals surface area contributed by atoms with E-state index in [4.69, 9.17) is 11.6 Å². The second kappa shape index (κ2) is 11.0. The maximum atomic E-state index is 14.8. The number of alkyl halides is 3. The molecule has 0 unspecified atom stereocenters. The van der Waals surface area contributed by atoms with Gasteiger partial charge in [-0.2, -0.15) is 13.2 Å². The summed E-state index contributed by atoms with van der Waals surface area (Å²) in [5, 5.41) is -0.738. The van der Waals surface area contributed by atoms with Crippen LogP contribution in [-0.4, -0.2) is 17.4 Å². The molecule has 3 aromatic carbocycles. The number of hydrogen-bond donors (Lipinski definition) is 0. The molecule has 0 aliphatic heterocycles. The molecule has 3 rings (SSSR count). The Bertz CT molecular complexity index is 1210. The number of benzene rings is 3. The fourth-order valence-electron chi connectivity index (χ4n) is 3.93. The summed E-state index contributed by atoms with van der Waals surface area (Å²) in [7, 11) is 0. The van der Waals surface area contributed by atoms with Crippen molar-refractivity contribution >= 4 is 17.5 Å². The Hall–Kier alpha value is -2.86. The summed E-state index contributed by atoms with van der Waals surface area (Å²) in [4.78, 5) is 14.8. The van der Waals surface area contributed by atoms with Crippen LogP contribution in [0.4, 0.5) is 17.6 Å². The molecule has 36 heavy (non-hydrogen) atoms. The van der Waals surface area contributed by atoms with Gasteiger partial charge < -0.3 is 4.90 Å². The molecule has 0 aliphatic rings. The van der Waals surface area contributed by atoms with Crippen molar-refractivity contribution in [2.24, 2.45) is 0 Å². The summed E-state index contributed by atoms with van der Waals surface area (Å²) >= 11 is 5.75. The molecule has 0 aliphatic carbocycles. The highest BCUT2D eigenvalue weighted by molar-refractivity contribution is 6.31. The third-order valence-electron chi connectivity index (χ3n) is 6.14. The maximum absolute atomic E-state index is 14.8. The standard InChI is InChI=1S/C29H30ClF4NO/c1-5-19-7-6-8-20(15-19)13-14-35(18-21-9-11-22(12-10-21)28(2,3)4)27(36)24-16-23(29(32,33)34)17-25(30)26(24)31/h6-12,15-17H,5,13-14,18H2,1-4H3. The topological polar surface area (TPSA) is 20.3 Å². The monoisotopic (exact) mass is 519 g/mol. The van der Waals surface area contributed by atoms with Gasteiger partial charge in [0.15, 0.2) is 5.82 Å². The Kier molecular flexibility index (Phi) is 8.50. The molecule has 0 saturated carbocycles. The predicted molar refractivity (Wildman–Crippen MR) is 136 cm³/mol. The highest BCUT2D eigenvalue weighted by Crippen LogP contribution is 2.34. The van der Waals surface area contributed by atoms with Crippen LogP contribution in [0.15, 0.2) is 60.7 Å². The van der Waals surface area contributed by atoms with Gasteiger partial charge in [-0.25, -0.2) is 4.39 Å². The van der Waals surface area contributed by atoms with Crippen molar-refractivity contribution < 1.29 is 22.4 Å². The van der Waals surface area contributed by atoms with Crippen LogP contribution < -0.4 is 0 Å². The first-order valence-electron chi connectivity index (χ1n) is 11.8. The number of carbonyl (C=O) groups is 1. The van der Waals surface area contributed by atoms with Gasteiger partial charge >= 0.3 is 6.18 Å². The zero-order valence-corrected chi connectivity index (χ0v) is 21.6. The lowest BCUT2D eigenvalue weighted by Gasteiger charge is -2.25. The minimum Gasteiger partial charge on any atom is -0.334 e. The van der Waals surface area contributed by atoms with Gasteiger partial charge in [0.2, 0.25) is 0 Å². The quantitative estimate of drug-likeness (QED) is 0.288. The molecule has 1 amide bonds. The molecule has 7 heteroatoms. The van der Waals surface area contributed by atoms with Crippen molar-refractivity contribution in [2.45, 2.75) is 58.7 Å². The van der Waals surface area contributed by atoms with E-state index in [2.05, 4.69) is 20.8 Å². The molecule has 0 spiro atoms. The lowest BCUT2D eigenvalue weighted by Crippen LogP contribution is -2.33. The van der Waals surface area contributed by atoms with E-state index in [1.807, 2.05) is 55.5 Å². The van der Waals surface area contributed by atoms with Crippen molar-refractivity contribution in [3.05, 3.63) is 105 Å². The molecule has 0 heterocycles. The highest BCUT2D eigenvalue weighted by atomic mass is 35.5. The number of carbonyl (C=O) groups excluding carboxylic acids is 1. The van der Waals surface area contributed by atoms with Crippen molar-refractivity contribution in [2.75, 3.05) is 6.54 Å². The minimum atomic E-state index is -4.76. The fourth-order valence-corrected chi connectivity index (χ4v) is 4.15. The first kappa shape index (κ1) is 27.7. The number of aryl methyl sites for hydroxylation is 1. The number of rotatable bonds is 7. The second-order valence-electron chi connectivity index (χ2n) is 9.91. The molecule has 0 fully saturated rings. The maximum Gasteiger partial charge on any atom is 0.416 e. The molecular weight excluding hydrogens is 490 g/mol. The fraction of sp³-hybridized carbons (Fsp3) is 0.345. The molecule has 0 saturated heterocycles. The molecule has 0 bridgehead atoms. The summed E-state index contributed by atoms with van der Waals surface area (Å²) in [6, 6.07) is 16.6. The molecule has 0 radical (unpaired) electrons. The summed E-state index contributed by atoms with van der Waals surface area (Å²) in [5.41, 5.74) is 2.10. The van der Waals surface area contributed by atoms with Crippen LogP contribution >= 0.6 is 11.6 Å². The Morgan fingerprint density at radius 3 is 2.11 bits per heavy atom. The lowest BCUT2D eigenvalue weighted by atomic mass is 9.87. The van der Waals surface area contributed by atoms with Gasteiger partial charge in [0, 0.05) is 13.1 Å². The van der Waals surface area contributed by atoms with E-state index in [1.54, 1.807) is 0 Å². The predicted octanol–water partition coefficient (Wildman–Crippen LogP) is 8.24. The van der Waals surface area contributed by atoms with Gasteiger partial charge in [-0.1, -0.05) is 87.8 Å². The molecule has 2 nitrogen and oxygen atoms in total. The average molecular weight is 520 g/mol. The molecular formula is C29H30ClF4NO. The zero-order chi connectivity index (χ0) is 26.7. The lowest BCUT2D eigenvalue weighted by molar-refractivity contribution is -0.137. The molecule has 3 aromatic rings. The molecule has 0 atom stereocenters. The van der Waals surface area contributed by atoms with E-state index in [-0.39, 0.29) is 18.5 Å². The van der Waals surface area contributed by atoms with Gasteiger partial charge in [0.25, 0.3) is 5.91 Å². The zero-order valence-electron chi connectivity index (χ0n) is 20.8. The summed E-state index contributed by atoms with van der Waals surface area (Å²) in [6.07, 6.45) is -3.45. The number of amides is 1. The van der Waals surface area contributed by atoms with Gasteiger partial charge in [-0.05, 0) is 52.6 Å². The van der Waals surface area contributed by atoms with Crippen molar-refractivity contribution in [3.8, 4) is 0 Å². The van der Waals surface area contributed by atoms with Gasteiger partial charge in [0.1, 0.15) is 0 Å². The Labute approximate surface area is 214 Å². The van der Waals surface area contributed by atoms with Crippen molar-refractivity contribution in [3.63, 3.8) is 0 Å².